The van der Waals surface area contributed by atoms with Gasteiger partial charge < -0.3 is 19.1 Å². The maximum absolute atomic E-state index is 13.8. The Morgan fingerprint density at radius 1 is 1.09 bits per heavy atom. The lowest BCUT2D eigenvalue weighted by Gasteiger charge is -2.37. The largest absolute Gasteiger partial charge is 0.497 e. The first kappa shape index (κ1) is 21.6. The van der Waals surface area contributed by atoms with Crippen LogP contribution in [0.3, 0.4) is 0 Å². The summed E-state index contributed by atoms with van der Waals surface area (Å²) < 4.78 is 58.4. The van der Waals surface area contributed by atoms with Crippen LogP contribution >= 0.6 is 0 Å². The number of hydrogen-bond donors (Lipinski definition) is 0. The van der Waals surface area contributed by atoms with E-state index in [-0.39, 0.29) is 17.3 Å². The molecule has 3 aromatic rings. The van der Waals surface area contributed by atoms with Crippen molar-refractivity contribution in [3.8, 4) is 17.0 Å². The second-order valence-corrected chi connectivity index (χ2v) is 7.80. The lowest BCUT2D eigenvalue weighted by molar-refractivity contribution is -0.181. The van der Waals surface area contributed by atoms with Crippen LogP contribution in [0.5, 0.6) is 5.75 Å². The summed E-state index contributed by atoms with van der Waals surface area (Å²) in [7, 11) is 1.49. The van der Waals surface area contributed by atoms with E-state index in [1.54, 1.807) is 24.3 Å². The minimum absolute atomic E-state index is 0.0549. The van der Waals surface area contributed by atoms with Gasteiger partial charge in [0.25, 0.3) is 11.7 Å². The van der Waals surface area contributed by atoms with Crippen molar-refractivity contribution in [3.63, 3.8) is 0 Å². The molecule has 5 rings (SSSR count). The Morgan fingerprint density at radius 3 is 2.36 bits per heavy atom. The van der Waals surface area contributed by atoms with Crippen molar-refractivity contribution in [1.82, 2.24) is 24.5 Å². The van der Waals surface area contributed by atoms with Gasteiger partial charge in [0, 0.05) is 31.5 Å². The highest BCUT2D eigenvalue weighted by molar-refractivity contribution is 5.91. The standard InChI is InChI=1S/C21H20F3N5O4/c1-31-14-4-2-13(3-5-14)15-12-16(21(22,23)24)29-19(25-15)26-17(27-29)18(30)28-8-6-20(7-9-28)32-10-11-33-20/h2-5,12H,6-11H2,1H3. The van der Waals surface area contributed by atoms with Crippen LogP contribution in [0, 0.1) is 0 Å². The van der Waals surface area contributed by atoms with Crippen LogP contribution in [0.25, 0.3) is 17.0 Å². The van der Waals surface area contributed by atoms with Crippen LogP contribution in [0.4, 0.5) is 13.2 Å². The number of fused-ring (bicyclic) bond motifs is 1. The maximum Gasteiger partial charge on any atom is 0.433 e. The van der Waals surface area contributed by atoms with Gasteiger partial charge in [0.05, 0.1) is 26.0 Å². The first-order valence-electron chi connectivity index (χ1n) is 10.3. The SMILES string of the molecule is COc1ccc(-c2cc(C(F)(F)F)n3nc(C(=O)N4CCC5(CC4)OCCO5)nc3n2)cc1. The quantitative estimate of drug-likeness (QED) is 0.590. The average molecular weight is 463 g/mol. The molecule has 9 nitrogen and oxygen atoms in total. The van der Waals surface area contributed by atoms with Crippen molar-refractivity contribution < 1.29 is 32.2 Å². The van der Waals surface area contributed by atoms with Crippen molar-refractivity contribution in [3.05, 3.63) is 41.9 Å². The van der Waals surface area contributed by atoms with Crippen LogP contribution < -0.4 is 4.74 Å². The van der Waals surface area contributed by atoms with Crippen molar-refractivity contribution >= 4 is 11.7 Å². The highest BCUT2D eigenvalue weighted by atomic mass is 19.4. The van der Waals surface area contributed by atoms with Gasteiger partial charge in [0.2, 0.25) is 5.82 Å². The highest BCUT2D eigenvalue weighted by Crippen LogP contribution is 2.33. The van der Waals surface area contributed by atoms with E-state index in [1.165, 1.54) is 12.0 Å². The number of ether oxygens (including phenoxy) is 3. The molecule has 1 aromatic carbocycles. The number of alkyl halides is 3. The summed E-state index contributed by atoms with van der Waals surface area (Å²) in [6, 6.07) is 7.31. The molecule has 0 bridgehead atoms. The Balaban J connectivity index is 1.47. The molecule has 2 aliphatic rings. The Labute approximate surface area is 186 Å². The molecule has 0 aliphatic carbocycles. The number of benzene rings is 1. The zero-order valence-corrected chi connectivity index (χ0v) is 17.6. The van der Waals surface area contributed by atoms with Crippen LogP contribution in [0.2, 0.25) is 0 Å². The Hall–Kier alpha value is -3.25. The Kier molecular flexibility index (Phi) is 5.20. The Morgan fingerprint density at radius 2 is 1.76 bits per heavy atom. The van der Waals surface area contributed by atoms with Crippen molar-refractivity contribution in [1.29, 1.82) is 0 Å². The monoisotopic (exact) mass is 463 g/mol. The smallest absolute Gasteiger partial charge is 0.433 e. The number of likely N-dealkylation sites (tertiary alicyclic amines) is 1. The second kappa shape index (κ2) is 7.96. The van der Waals surface area contributed by atoms with Crippen molar-refractivity contribution in [2.75, 3.05) is 33.4 Å². The molecule has 4 heterocycles. The highest BCUT2D eigenvalue weighted by Gasteiger charge is 2.42. The molecule has 1 amide bonds. The summed E-state index contributed by atoms with van der Waals surface area (Å²) >= 11 is 0. The van der Waals surface area contributed by atoms with E-state index < -0.39 is 23.6 Å². The number of halogens is 3. The summed E-state index contributed by atoms with van der Waals surface area (Å²) in [4.78, 5) is 22.7. The lowest BCUT2D eigenvalue weighted by Crippen LogP contribution is -2.47. The topological polar surface area (TPSA) is 91.1 Å². The van der Waals surface area contributed by atoms with E-state index in [4.69, 9.17) is 14.2 Å². The molecule has 0 unspecified atom stereocenters. The zero-order chi connectivity index (χ0) is 23.2. The molecule has 0 radical (unpaired) electrons. The number of methoxy groups -OCH3 is 1. The number of nitrogens with zero attached hydrogens (tertiary/aromatic N) is 5. The van der Waals surface area contributed by atoms with E-state index in [9.17, 15) is 18.0 Å². The summed E-state index contributed by atoms with van der Waals surface area (Å²) in [6.07, 6.45) is -3.79. The summed E-state index contributed by atoms with van der Waals surface area (Å²) in [5.41, 5.74) is -0.577. The minimum atomic E-state index is -4.73. The van der Waals surface area contributed by atoms with E-state index in [1.807, 2.05) is 0 Å². The molecule has 2 aromatic heterocycles. The van der Waals surface area contributed by atoms with Crippen LogP contribution in [-0.2, 0) is 15.7 Å². The molecule has 33 heavy (non-hydrogen) atoms. The second-order valence-electron chi connectivity index (χ2n) is 7.80. The summed E-state index contributed by atoms with van der Waals surface area (Å²) in [6.45, 7) is 1.66. The normalized spacial score (nSPS) is 18.2. The third-order valence-corrected chi connectivity index (χ3v) is 5.81. The van der Waals surface area contributed by atoms with Gasteiger partial charge >= 0.3 is 6.18 Å². The molecule has 0 saturated carbocycles. The predicted molar refractivity (Wildman–Crippen MR) is 108 cm³/mol. The van der Waals surface area contributed by atoms with Gasteiger partial charge in [-0.1, -0.05) is 0 Å². The van der Waals surface area contributed by atoms with Crippen LogP contribution in [0.15, 0.2) is 30.3 Å². The van der Waals surface area contributed by atoms with Gasteiger partial charge in [-0.25, -0.2) is 4.98 Å². The predicted octanol–water partition coefficient (Wildman–Crippen LogP) is 2.80. The van der Waals surface area contributed by atoms with Gasteiger partial charge in [-0.15, -0.1) is 5.10 Å². The summed E-state index contributed by atoms with van der Waals surface area (Å²) in [5.74, 6) is -1.34. The first-order chi connectivity index (χ1) is 15.8. The molecule has 1 spiro atoms. The molecule has 2 aliphatic heterocycles. The fourth-order valence-electron chi connectivity index (χ4n) is 4.05. The van der Waals surface area contributed by atoms with Gasteiger partial charge in [0.1, 0.15) is 5.75 Å². The van der Waals surface area contributed by atoms with E-state index in [0.29, 0.717) is 55.0 Å². The first-order valence-corrected chi connectivity index (χ1v) is 10.3. The number of amides is 1. The molecular formula is C21H20F3N5O4. The van der Waals surface area contributed by atoms with Crippen molar-refractivity contribution in [2.24, 2.45) is 0 Å². The molecule has 0 N–H and O–H groups in total. The fourth-order valence-corrected chi connectivity index (χ4v) is 4.05. The van der Waals surface area contributed by atoms with Gasteiger partial charge in [-0.05, 0) is 30.3 Å². The third-order valence-electron chi connectivity index (χ3n) is 5.81. The van der Waals surface area contributed by atoms with E-state index in [0.717, 1.165) is 6.07 Å². The molecule has 2 fully saturated rings. The lowest BCUT2D eigenvalue weighted by atomic mass is 10.0. The van der Waals surface area contributed by atoms with E-state index in [2.05, 4.69) is 15.1 Å². The average Bonchev–Trinajstić information content (AvgIpc) is 3.45. The van der Waals surface area contributed by atoms with Crippen LogP contribution in [-0.4, -0.2) is 69.6 Å². The summed E-state index contributed by atoms with van der Waals surface area (Å²) in [5, 5.41) is 3.85. The molecule has 12 heteroatoms. The number of carbonyl (C=O) groups is 1. The molecule has 0 atom stereocenters. The number of aromatic nitrogens is 4. The number of hydrogen-bond acceptors (Lipinski definition) is 7. The Bertz CT molecular complexity index is 1180. The molecule has 2 saturated heterocycles. The van der Waals surface area contributed by atoms with Crippen LogP contribution in [0.1, 0.15) is 29.2 Å². The van der Waals surface area contributed by atoms with Gasteiger partial charge in [-0.2, -0.15) is 22.7 Å². The van der Waals surface area contributed by atoms with Gasteiger partial charge in [-0.3, -0.25) is 4.79 Å². The minimum Gasteiger partial charge on any atom is -0.497 e. The van der Waals surface area contributed by atoms with Crippen molar-refractivity contribution in [2.45, 2.75) is 24.8 Å². The molecule has 174 valence electrons. The number of carbonyl (C=O) groups excluding carboxylic acids is 1. The maximum atomic E-state index is 13.8. The van der Waals surface area contributed by atoms with E-state index >= 15 is 0 Å². The van der Waals surface area contributed by atoms with Gasteiger partial charge in [0.15, 0.2) is 11.5 Å². The zero-order valence-electron chi connectivity index (χ0n) is 17.6. The number of piperidine rings is 1. The third kappa shape index (κ3) is 4.00. The fraction of sp³-hybridized carbons (Fsp3) is 0.429. The number of rotatable bonds is 3. The molecular weight excluding hydrogens is 443 g/mol.